The maximum absolute atomic E-state index is 11.7. The molecule has 1 aliphatic carbocycles. The third-order valence-corrected chi connectivity index (χ3v) is 2.86. The van der Waals surface area contributed by atoms with Crippen LogP contribution in [0.2, 0.25) is 0 Å². The average molecular weight is 235 g/mol. The Morgan fingerprint density at radius 3 is 2.82 bits per heavy atom. The van der Waals surface area contributed by atoms with Crippen molar-refractivity contribution in [1.82, 2.24) is 0 Å². The lowest BCUT2D eigenvalue weighted by molar-refractivity contribution is 0.0494. The van der Waals surface area contributed by atoms with Crippen LogP contribution >= 0.6 is 0 Å². The Bertz CT molecular complexity index is 413. The molecule has 0 radical (unpaired) electrons. The molecule has 0 spiro atoms. The van der Waals surface area contributed by atoms with E-state index in [-0.39, 0.29) is 5.97 Å². The van der Waals surface area contributed by atoms with Gasteiger partial charge in [0, 0.05) is 11.8 Å². The number of nitrogen functional groups attached to an aromatic ring is 1. The molecule has 1 saturated carbocycles. The van der Waals surface area contributed by atoms with E-state index in [4.69, 9.17) is 15.2 Å². The Hall–Kier alpha value is -1.71. The van der Waals surface area contributed by atoms with Crippen LogP contribution in [-0.4, -0.2) is 19.7 Å². The first-order valence-electron chi connectivity index (χ1n) is 5.80. The smallest absolute Gasteiger partial charge is 0.338 e. The first-order chi connectivity index (χ1) is 8.19. The molecule has 1 aromatic rings. The zero-order valence-electron chi connectivity index (χ0n) is 9.94. The third-order valence-electron chi connectivity index (χ3n) is 2.86. The largest absolute Gasteiger partial charge is 0.497 e. The Balaban J connectivity index is 1.94. The Labute approximate surface area is 101 Å². The standard InChI is InChI=1S/C13H17NO3/c1-16-12-7-10(6-11(14)8-12)13(15)17-5-4-9-2-3-9/h6-9H,2-5,14H2,1H3. The average Bonchev–Trinajstić information content (AvgIpc) is 3.12. The van der Waals surface area contributed by atoms with Crippen LogP contribution in [0.4, 0.5) is 5.69 Å². The highest BCUT2D eigenvalue weighted by molar-refractivity contribution is 5.91. The Morgan fingerprint density at radius 2 is 2.18 bits per heavy atom. The predicted molar refractivity (Wildman–Crippen MR) is 65.0 cm³/mol. The second kappa shape index (κ2) is 5.08. The van der Waals surface area contributed by atoms with E-state index in [1.54, 1.807) is 18.2 Å². The molecule has 0 saturated heterocycles. The zero-order valence-corrected chi connectivity index (χ0v) is 9.94. The van der Waals surface area contributed by atoms with Gasteiger partial charge in [-0.3, -0.25) is 0 Å². The summed E-state index contributed by atoms with van der Waals surface area (Å²) in [5.74, 6) is 0.994. The fourth-order valence-electron chi connectivity index (χ4n) is 1.67. The maximum Gasteiger partial charge on any atom is 0.338 e. The van der Waals surface area contributed by atoms with Crippen LogP contribution in [0.3, 0.4) is 0 Å². The van der Waals surface area contributed by atoms with Gasteiger partial charge in [-0.25, -0.2) is 4.79 Å². The molecule has 17 heavy (non-hydrogen) atoms. The van der Waals surface area contributed by atoms with Gasteiger partial charge in [0.2, 0.25) is 0 Å². The summed E-state index contributed by atoms with van der Waals surface area (Å²) in [7, 11) is 1.54. The van der Waals surface area contributed by atoms with Crippen LogP contribution in [-0.2, 0) is 4.74 Å². The molecule has 0 bridgehead atoms. The summed E-state index contributed by atoms with van der Waals surface area (Å²) in [6, 6.07) is 4.90. The highest BCUT2D eigenvalue weighted by atomic mass is 16.5. The molecule has 0 unspecified atom stereocenters. The lowest BCUT2D eigenvalue weighted by Gasteiger charge is -2.07. The number of methoxy groups -OCH3 is 1. The lowest BCUT2D eigenvalue weighted by atomic mass is 10.2. The topological polar surface area (TPSA) is 61.5 Å². The van der Waals surface area contributed by atoms with Crippen molar-refractivity contribution in [3.63, 3.8) is 0 Å². The van der Waals surface area contributed by atoms with Crippen molar-refractivity contribution in [2.45, 2.75) is 19.3 Å². The van der Waals surface area contributed by atoms with E-state index >= 15 is 0 Å². The van der Waals surface area contributed by atoms with E-state index in [0.717, 1.165) is 12.3 Å². The molecule has 1 aliphatic rings. The molecular weight excluding hydrogens is 218 g/mol. The van der Waals surface area contributed by atoms with Crippen LogP contribution in [0.25, 0.3) is 0 Å². The van der Waals surface area contributed by atoms with E-state index in [1.165, 1.54) is 20.0 Å². The highest BCUT2D eigenvalue weighted by Crippen LogP contribution is 2.32. The molecule has 0 aliphatic heterocycles. The number of hydrogen-bond acceptors (Lipinski definition) is 4. The number of nitrogens with two attached hydrogens (primary N) is 1. The predicted octanol–water partition coefficient (Wildman–Crippen LogP) is 2.23. The van der Waals surface area contributed by atoms with Gasteiger partial charge >= 0.3 is 5.97 Å². The number of carbonyl (C=O) groups is 1. The molecule has 92 valence electrons. The Morgan fingerprint density at radius 1 is 1.41 bits per heavy atom. The Kier molecular flexibility index (Phi) is 3.52. The van der Waals surface area contributed by atoms with Crippen molar-refractivity contribution in [2.75, 3.05) is 19.5 Å². The molecule has 4 heteroatoms. The summed E-state index contributed by atoms with van der Waals surface area (Å²) < 4.78 is 10.2. The van der Waals surface area contributed by atoms with E-state index in [2.05, 4.69) is 0 Å². The van der Waals surface area contributed by atoms with Gasteiger partial charge in [-0.2, -0.15) is 0 Å². The number of hydrogen-bond donors (Lipinski definition) is 1. The van der Waals surface area contributed by atoms with Crippen molar-refractivity contribution in [2.24, 2.45) is 5.92 Å². The minimum atomic E-state index is -0.337. The minimum absolute atomic E-state index is 0.337. The third kappa shape index (κ3) is 3.37. The second-order valence-electron chi connectivity index (χ2n) is 4.36. The SMILES string of the molecule is COc1cc(N)cc(C(=O)OCCC2CC2)c1. The van der Waals surface area contributed by atoms with Crippen molar-refractivity contribution in [1.29, 1.82) is 0 Å². The van der Waals surface area contributed by atoms with E-state index in [9.17, 15) is 4.79 Å². The summed E-state index contributed by atoms with van der Waals surface area (Å²) in [6.07, 6.45) is 3.50. The summed E-state index contributed by atoms with van der Waals surface area (Å²) in [6.45, 7) is 0.487. The van der Waals surface area contributed by atoms with Crippen molar-refractivity contribution in [3.8, 4) is 5.75 Å². The number of esters is 1. The highest BCUT2D eigenvalue weighted by Gasteiger charge is 2.21. The van der Waals surface area contributed by atoms with Gasteiger partial charge in [-0.15, -0.1) is 0 Å². The molecule has 0 amide bonds. The molecule has 1 fully saturated rings. The molecular formula is C13H17NO3. The van der Waals surface area contributed by atoms with Crippen molar-refractivity contribution >= 4 is 11.7 Å². The molecule has 2 rings (SSSR count). The van der Waals surface area contributed by atoms with Gasteiger partial charge in [-0.05, 0) is 24.5 Å². The monoisotopic (exact) mass is 235 g/mol. The summed E-state index contributed by atoms with van der Waals surface area (Å²) in [5.41, 5.74) is 6.61. The molecule has 0 atom stereocenters. The second-order valence-corrected chi connectivity index (χ2v) is 4.36. The van der Waals surface area contributed by atoms with Gasteiger partial charge in [0.1, 0.15) is 5.75 Å². The summed E-state index contributed by atoms with van der Waals surface area (Å²) >= 11 is 0. The molecule has 2 N–H and O–H groups in total. The molecule has 4 nitrogen and oxygen atoms in total. The number of rotatable bonds is 5. The molecule has 0 heterocycles. The first-order valence-corrected chi connectivity index (χ1v) is 5.80. The van der Waals surface area contributed by atoms with Crippen molar-refractivity contribution in [3.05, 3.63) is 23.8 Å². The first kappa shape index (κ1) is 11.8. The van der Waals surface area contributed by atoms with Crippen molar-refractivity contribution < 1.29 is 14.3 Å². The van der Waals surface area contributed by atoms with Crippen LogP contribution in [0, 0.1) is 5.92 Å². The number of carbonyl (C=O) groups excluding carboxylic acids is 1. The van der Waals surface area contributed by atoms with Crippen LogP contribution in [0.15, 0.2) is 18.2 Å². The number of anilines is 1. The number of ether oxygens (including phenoxy) is 2. The summed E-state index contributed by atoms with van der Waals surface area (Å²) in [5, 5.41) is 0. The lowest BCUT2D eigenvalue weighted by Crippen LogP contribution is -2.07. The van der Waals surface area contributed by atoms with Crippen LogP contribution in [0.5, 0.6) is 5.75 Å². The van der Waals surface area contributed by atoms with Gasteiger partial charge in [0.25, 0.3) is 0 Å². The maximum atomic E-state index is 11.7. The summed E-state index contributed by atoms with van der Waals surface area (Å²) in [4.78, 5) is 11.7. The van der Waals surface area contributed by atoms with E-state index in [1.807, 2.05) is 0 Å². The normalized spacial score (nSPS) is 14.4. The molecule has 1 aromatic carbocycles. The van der Waals surface area contributed by atoms with Gasteiger partial charge < -0.3 is 15.2 Å². The fraction of sp³-hybridized carbons (Fsp3) is 0.462. The van der Waals surface area contributed by atoms with Crippen LogP contribution < -0.4 is 10.5 Å². The van der Waals surface area contributed by atoms with Gasteiger partial charge in [0.15, 0.2) is 0 Å². The van der Waals surface area contributed by atoms with E-state index in [0.29, 0.717) is 23.6 Å². The number of benzene rings is 1. The van der Waals surface area contributed by atoms with Crippen LogP contribution in [0.1, 0.15) is 29.6 Å². The zero-order chi connectivity index (χ0) is 12.3. The minimum Gasteiger partial charge on any atom is -0.497 e. The molecule has 0 aromatic heterocycles. The quantitative estimate of drug-likeness (QED) is 0.628. The van der Waals surface area contributed by atoms with E-state index < -0.39 is 0 Å². The van der Waals surface area contributed by atoms with Gasteiger partial charge in [-0.1, -0.05) is 12.8 Å². The fourth-order valence-corrected chi connectivity index (χ4v) is 1.67. The van der Waals surface area contributed by atoms with Gasteiger partial charge in [0.05, 0.1) is 19.3 Å².